The third-order valence-corrected chi connectivity index (χ3v) is 3.33. The number of nitrogens with zero attached hydrogens (tertiary/aromatic N) is 2. The predicted molar refractivity (Wildman–Crippen MR) is 109 cm³/mol. The van der Waals surface area contributed by atoms with Gasteiger partial charge in [0.05, 0.1) is 0 Å². The van der Waals surface area contributed by atoms with Crippen molar-refractivity contribution in [3.8, 4) is 0 Å². The summed E-state index contributed by atoms with van der Waals surface area (Å²) in [6.07, 6.45) is 1.76. The number of carbonyl (C=O) groups excluding carboxylic acids is 1. The first kappa shape index (κ1) is 22.6. The molecule has 0 fully saturated rings. The molecule has 0 aromatic heterocycles. The normalized spacial score (nSPS) is 10.8. The fourth-order valence-electron chi connectivity index (χ4n) is 2.09. The Bertz CT molecular complexity index is 521. The smallest absolute Gasteiger partial charge is 0.253 e. The fourth-order valence-corrected chi connectivity index (χ4v) is 2.09. The van der Waals surface area contributed by atoms with Gasteiger partial charge in [-0.1, -0.05) is 12.1 Å². The first-order valence-electron chi connectivity index (χ1n) is 7.82. The molecule has 0 unspecified atom stereocenters. The summed E-state index contributed by atoms with van der Waals surface area (Å²) >= 11 is 0. The van der Waals surface area contributed by atoms with E-state index in [9.17, 15) is 4.79 Å². The molecule has 0 aliphatic heterocycles. The zero-order valence-corrected chi connectivity index (χ0v) is 17.3. The van der Waals surface area contributed by atoms with Crippen molar-refractivity contribution in [3.63, 3.8) is 0 Å². The van der Waals surface area contributed by atoms with Gasteiger partial charge in [0.15, 0.2) is 5.96 Å². The number of nitrogens with one attached hydrogen (secondary N) is 2. The lowest BCUT2D eigenvalue weighted by atomic mass is 10.1. The Morgan fingerprint density at radius 3 is 2.58 bits per heavy atom. The van der Waals surface area contributed by atoms with Crippen molar-refractivity contribution in [2.45, 2.75) is 12.8 Å². The molecule has 1 aromatic carbocycles. The van der Waals surface area contributed by atoms with E-state index in [2.05, 4.69) is 15.6 Å². The lowest BCUT2D eigenvalue weighted by Crippen LogP contribution is -2.39. The molecule has 136 valence electrons. The molecule has 0 aliphatic rings. The second-order valence-electron chi connectivity index (χ2n) is 5.42. The molecule has 0 saturated heterocycles. The van der Waals surface area contributed by atoms with E-state index >= 15 is 0 Å². The molecule has 0 spiro atoms. The van der Waals surface area contributed by atoms with Gasteiger partial charge in [0.2, 0.25) is 0 Å². The van der Waals surface area contributed by atoms with E-state index in [4.69, 9.17) is 4.74 Å². The summed E-state index contributed by atoms with van der Waals surface area (Å²) in [6, 6.07) is 7.74. The minimum absolute atomic E-state index is 0. The van der Waals surface area contributed by atoms with Crippen molar-refractivity contribution in [2.24, 2.45) is 4.99 Å². The molecule has 1 amide bonds. The molecule has 1 aromatic rings. The Kier molecular flexibility index (Phi) is 12.3. The minimum Gasteiger partial charge on any atom is -0.385 e. The third kappa shape index (κ3) is 8.49. The van der Waals surface area contributed by atoms with Crippen LogP contribution in [0.4, 0.5) is 0 Å². The number of guanidine groups is 1. The van der Waals surface area contributed by atoms with Crippen LogP contribution in [0.25, 0.3) is 0 Å². The topological polar surface area (TPSA) is 66.0 Å². The van der Waals surface area contributed by atoms with E-state index < -0.39 is 0 Å². The largest absolute Gasteiger partial charge is 0.385 e. The van der Waals surface area contributed by atoms with Crippen LogP contribution in [0, 0.1) is 0 Å². The minimum atomic E-state index is 0. The number of aliphatic imine (C=N–C) groups is 1. The van der Waals surface area contributed by atoms with E-state index in [1.54, 1.807) is 33.2 Å². The standard InChI is InChI=1S/C17H28N4O2.HI/c1-18-17(19-10-6-12-23-4)20-11-9-14-7-5-8-15(13-14)16(22)21(2)3;/h5,7-8,13H,6,9-12H2,1-4H3,(H2,18,19,20);1H. The molecular formula is C17H29IN4O2. The summed E-state index contributed by atoms with van der Waals surface area (Å²) in [6.45, 7) is 2.31. The molecule has 0 radical (unpaired) electrons. The van der Waals surface area contributed by atoms with Gasteiger partial charge in [-0.05, 0) is 30.5 Å². The summed E-state index contributed by atoms with van der Waals surface area (Å²) in [5.74, 6) is 0.803. The number of methoxy groups -OCH3 is 1. The van der Waals surface area contributed by atoms with Crippen LogP contribution in [0.2, 0.25) is 0 Å². The van der Waals surface area contributed by atoms with E-state index in [1.165, 1.54) is 0 Å². The lowest BCUT2D eigenvalue weighted by Gasteiger charge is -2.13. The van der Waals surface area contributed by atoms with Crippen LogP contribution >= 0.6 is 24.0 Å². The maximum Gasteiger partial charge on any atom is 0.253 e. The van der Waals surface area contributed by atoms with Gasteiger partial charge in [-0.25, -0.2) is 0 Å². The second kappa shape index (κ2) is 13.0. The predicted octanol–water partition coefficient (Wildman–Crippen LogP) is 1.75. The molecule has 0 saturated carbocycles. The van der Waals surface area contributed by atoms with Crippen molar-refractivity contribution in [1.82, 2.24) is 15.5 Å². The number of carbonyl (C=O) groups is 1. The zero-order valence-electron chi connectivity index (χ0n) is 15.0. The van der Waals surface area contributed by atoms with Crippen LogP contribution in [0.5, 0.6) is 0 Å². The summed E-state index contributed by atoms with van der Waals surface area (Å²) in [5.41, 5.74) is 1.84. The monoisotopic (exact) mass is 448 g/mol. The van der Waals surface area contributed by atoms with Crippen molar-refractivity contribution in [1.29, 1.82) is 0 Å². The maximum atomic E-state index is 12.0. The Hall–Kier alpha value is -1.35. The second-order valence-corrected chi connectivity index (χ2v) is 5.42. The van der Waals surface area contributed by atoms with Crippen molar-refractivity contribution < 1.29 is 9.53 Å². The molecule has 7 heteroatoms. The van der Waals surface area contributed by atoms with Crippen LogP contribution < -0.4 is 10.6 Å². The number of benzene rings is 1. The highest BCUT2D eigenvalue weighted by Crippen LogP contribution is 2.07. The molecular weight excluding hydrogens is 419 g/mol. The van der Waals surface area contributed by atoms with Crippen molar-refractivity contribution >= 4 is 35.8 Å². The van der Waals surface area contributed by atoms with Crippen LogP contribution in [0.3, 0.4) is 0 Å². The number of hydrogen-bond donors (Lipinski definition) is 2. The Morgan fingerprint density at radius 1 is 1.25 bits per heavy atom. The van der Waals surface area contributed by atoms with Gasteiger partial charge >= 0.3 is 0 Å². The molecule has 0 atom stereocenters. The number of hydrogen-bond acceptors (Lipinski definition) is 3. The molecule has 2 N–H and O–H groups in total. The van der Waals surface area contributed by atoms with Gasteiger partial charge in [0.1, 0.15) is 0 Å². The Morgan fingerprint density at radius 2 is 1.96 bits per heavy atom. The van der Waals surface area contributed by atoms with Gasteiger partial charge in [0.25, 0.3) is 5.91 Å². The SMILES string of the molecule is CN=C(NCCCOC)NCCc1cccc(C(=O)N(C)C)c1.I. The van der Waals surface area contributed by atoms with Crippen molar-refractivity contribution in [2.75, 3.05) is 47.9 Å². The summed E-state index contributed by atoms with van der Waals surface area (Å²) in [4.78, 5) is 17.7. The van der Waals surface area contributed by atoms with E-state index in [-0.39, 0.29) is 29.9 Å². The zero-order chi connectivity index (χ0) is 17.1. The highest BCUT2D eigenvalue weighted by atomic mass is 127. The quantitative estimate of drug-likeness (QED) is 0.275. The van der Waals surface area contributed by atoms with Crippen LogP contribution in [-0.4, -0.2) is 64.7 Å². The van der Waals surface area contributed by atoms with Crippen molar-refractivity contribution in [3.05, 3.63) is 35.4 Å². The number of rotatable bonds is 8. The van der Waals surface area contributed by atoms with Crippen LogP contribution in [0.1, 0.15) is 22.3 Å². The first-order valence-corrected chi connectivity index (χ1v) is 7.82. The summed E-state index contributed by atoms with van der Waals surface area (Å²) in [5, 5.41) is 6.50. The molecule has 0 aliphatic carbocycles. The fraction of sp³-hybridized carbons (Fsp3) is 0.529. The number of halogens is 1. The van der Waals surface area contributed by atoms with E-state index in [1.807, 2.05) is 24.3 Å². The van der Waals surface area contributed by atoms with Gasteiger partial charge in [-0.2, -0.15) is 0 Å². The molecule has 6 nitrogen and oxygen atoms in total. The highest BCUT2D eigenvalue weighted by Gasteiger charge is 2.08. The highest BCUT2D eigenvalue weighted by molar-refractivity contribution is 14.0. The number of ether oxygens (including phenoxy) is 1. The lowest BCUT2D eigenvalue weighted by molar-refractivity contribution is 0.0827. The van der Waals surface area contributed by atoms with Crippen LogP contribution in [-0.2, 0) is 11.2 Å². The summed E-state index contributed by atoms with van der Waals surface area (Å²) < 4.78 is 5.01. The van der Waals surface area contributed by atoms with E-state index in [0.717, 1.165) is 49.6 Å². The van der Waals surface area contributed by atoms with Crippen LogP contribution in [0.15, 0.2) is 29.3 Å². The average Bonchev–Trinajstić information content (AvgIpc) is 2.56. The Labute approximate surface area is 162 Å². The first-order chi connectivity index (χ1) is 11.1. The average molecular weight is 448 g/mol. The maximum absolute atomic E-state index is 12.0. The molecule has 0 heterocycles. The van der Waals surface area contributed by atoms with Gasteiger partial charge in [-0.3, -0.25) is 9.79 Å². The van der Waals surface area contributed by atoms with Gasteiger partial charge in [-0.15, -0.1) is 24.0 Å². The third-order valence-electron chi connectivity index (χ3n) is 3.33. The Balaban J connectivity index is 0.00000529. The molecule has 1 rings (SSSR count). The molecule has 24 heavy (non-hydrogen) atoms. The van der Waals surface area contributed by atoms with Gasteiger partial charge in [0, 0.05) is 53.5 Å². The van der Waals surface area contributed by atoms with Gasteiger partial charge < -0.3 is 20.3 Å². The summed E-state index contributed by atoms with van der Waals surface area (Å²) in [7, 11) is 6.97. The number of amides is 1. The molecule has 0 bridgehead atoms. The van der Waals surface area contributed by atoms with E-state index in [0.29, 0.717) is 0 Å².